The minimum Gasteiger partial charge on any atom is -0.463 e. The highest BCUT2D eigenvalue weighted by molar-refractivity contribution is 5.82. The maximum atomic E-state index is 10.3. The molecule has 0 unspecified atom stereocenters. The number of anilines is 1. The number of imidazole rings is 1. The maximum Gasteiger partial charge on any atom is 0.320 e. The van der Waals surface area contributed by atoms with E-state index in [1.165, 1.54) is 17.3 Å². The summed E-state index contributed by atoms with van der Waals surface area (Å²) in [6, 6.07) is 2.08. The van der Waals surface area contributed by atoms with E-state index in [9.17, 15) is 10.2 Å². The molecule has 4 N–H and O–H groups in total. The lowest BCUT2D eigenvalue weighted by atomic mass is 9.86. The van der Waals surface area contributed by atoms with Crippen LogP contribution in [-0.4, -0.2) is 54.7 Å². The van der Waals surface area contributed by atoms with Crippen molar-refractivity contribution in [1.29, 1.82) is 5.26 Å². The average Bonchev–Trinajstić information content (AvgIpc) is 3.11. The molecule has 2 aromatic rings. The second kappa shape index (κ2) is 6.68. The van der Waals surface area contributed by atoms with E-state index in [1.807, 2.05) is 6.07 Å². The smallest absolute Gasteiger partial charge is 0.320 e. The van der Waals surface area contributed by atoms with Crippen LogP contribution >= 0.6 is 0 Å². The minimum absolute atomic E-state index is 0.0335. The first kappa shape index (κ1) is 17.0. The van der Waals surface area contributed by atoms with Crippen LogP contribution < -0.4 is 10.5 Å². The van der Waals surface area contributed by atoms with Crippen LogP contribution in [0.3, 0.4) is 0 Å². The number of nitrogens with two attached hydrogens (primary N) is 1. The van der Waals surface area contributed by atoms with Crippen molar-refractivity contribution < 1.29 is 19.7 Å². The molecule has 1 aliphatic carbocycles. The number of nitriles is 1. The largest absolute Gasteiger partial charge is 0.463 e. The standard InChI is InChI=1S/C16H20N6O4/c17-5-4-9-11(23)12(24)15(26-9)22-7-19-10-13(18)20-16(21-14(10)22)25-6-8-2-1-3-8/h7-9,11-12,15,23-24H,1-4,6H2,(H2,18,20,21)/t9-,11-,12-,15-/m1/s1. The van der Waals surface area contributed by atoms with E-state index < -0.39 is 24.5 Å². The van der Waals surface area contributed by atoms with Crippen LogP contribution in [-0.2, 0) is 4.74 Å². The van der Waals surface area contributed by atoms with Crippen molar-refractivity contribution in [2.45, 2.75) is 50.2 Å². The zero-order valence-electron chi connectivity index (χ0n) is 14.0. The van der Waals surface area contributed by atoms with E-state index >= 15 is 0 Å². The third kappa shape index (κ3) is 2.84. The summed E-state index contributed by atoms with van der Waals surface area (Å²) < 4.78 is 12.8. The molecule has 2 aliphatic rings. The first-order valence-corrected chi connectivity index (χ1v) is 8.60. The van der Waals surface area contributed by atoms with Crippen molar-refractivity contribution in [2.24, 2.45) is 5.92 Å². The Balaban J connectivity index is 1.63. The fraction of sp³-hybridized carbons (Fsp3) is 0.625. The molecule has 1 aliphatic heterocycles. The zero-order valence-corrected chi connectivity index (χ0v) is 14.0. The molecule has 3 heterocycles. The Morgan fingerprint density at radius 3 is 2.85 bits per heavy atom. The minimum atomic E-state index is -1.22. The number of ether oxygens (including phenoxy) is 2. The highest BCUT2D eigenvalue weighted by Crippen LogP contribution is 2.34. The predicted molar refractivity (Wildman–Crippen MR) is 88.7 cm³/mol. The third-order valence-electron chi connectivity index (χ3n) is 5.00. The van der Waals surface area contributed by atoms with Crippen LogP contribution in [0.1, 0.15) is 31.9 Å². The van der Waals surface area contributed by atoms with Crippen LogP contribution in [0.4, 0.5) is 5.82 Å². The zero-order chi connectivity index (χ0) is 18.3. The molecule has 1 saturated heterocycles. The Morgan fingerprint density at radius 2 is 2.15 bits per heavy atom. The number of aromatic nitrogens is 4. The molecule has 10 heteroatoms. The van der Waals surface area contributed by atoms with Crippen molar-refractivity contribution in [3.05, 3.63) is 6.33 Å². The number of aliphatic hydroxyl groups excluding tert-OH is 2. The molecule has 0 spiro atoms. The summed E-state index contributed by atoms with van der Waals surface area (Å²) in [7, 11) is 0. The van der Waals surface area contributed by atoms with Gasteiger partial charge in [0.15, 0.2) is 23.2 Å². The van der Waals surface area contributed by atoms with Gasteiger partial charge in [-0.15, -0.1) is 0 Å². The van der Waals surface area contributed by atoms with Gasteiger partial charge in [-0.2, -0.15) is 15.2 Å². The fourth-order valence-electron chi connectivity index (χ4n) is 3.24. The maximum absolute atomic E-state index is 10.3. The third-order valence-corrected chi connectivity index (χ3v) is 5.00. The SMILES string of the molecule is N#CC[C@H]1O[C@@H](n2cnc3c(N)nc(OCC4CCC4)nc32)[C@H](O)[C@@H]1O. The normalized spacial score (nSPS) is 28.8. The highest BCUT2D eigenvalue weighted by atomic mass is 16.6. The van der Waals surface area contributed by atoms with Gasteiger partial charge >= 0.3 is 6.01 Å². The van der Waals surface area contributed by atoms with Crippen molar-refractivity contribution >= 4 is 17.0 Å². The Kier molecular flexibility index (Phi) is 4.36. The Labute approximate surface area is 149 Å². The summed E-state index contributed by atoms with van der Waals surface area (Å²) in [5.41, 5.74) is 6.66. The molecule has 138 valence electrons. The van der Waals surface area contributed by atoms with Gasteiger partial charge in [0.25, 0.3) is 0 Å². The van der Waals surface area contributed by atoms with Gasteiger partial charge in [-0.3, -0.25) is 4.57 Å². The molecule has 4 atom stereocenters. The van der Waals surface area contributed by atoms with Gasteiger partial charge < -0.3 is 25.4 Å². The molecule has 2 aromatic heterocycles. The van der Waals surface area contributed by atoms with E-state index in [-0.39, 0.29) is 18.2 Å². The second-order valence-corrected chi connectivity index (χ2v) is 6.73. The fourth-order valence-corrected chi connectivity index (χ4v) is 3.24. The van der Waals surface area contributed by atoms with E-state index in [1.54, 1.807) is 0 Å². The second-order valence-electron chi connectivity index (χ2n) is 6.73. The molecule has 4 rings (SSSR count). The first-order chi connectivity index (χ1) is 12.6. The lowest BCUT2D eigenvalue weighted by molar-refractivity contribution is -0.0334. The van der Waals surface area contributed by atoms with Gasteiger partial charge in [0.2, 0.25) is 0 Å². The van der Waals surface area contributed by atoms with Gasteiger partial charge in [0.1, 0.15) is 18.3 Å². The van der Waals surface area contributed by atoms with Crippen LogP contribution in [0.15, 0.2) is 6.33 Å². The lowest BCUT2D eigenvalue weighted by Gasteiger charge is -2.24. The summed E-state index contributed by atoms with van der Waals surface area (Å²) in [5, 5.41) is 29.2. The van der Waals surface area contributed by atoms with Gasteiger partial charge in [0.05, 0.1) is 25.4 Å². The van der Waals surface area contributed by atoms with E-state index in [4.69, 9.17) is 20.5 Å². The number of fused-ring (bicyclic) bond motifs is 1. The van der Waals surface area contributed by atoms with Gasteiger partial charge in [0, 0.05) is 0 Å². The average molecular weight is 360 g/mol. The molecule has 10 nitrogen and oxygen atoms in total. The summed E-state index contributed by atoms with van der Waals surface area (Å²) in [6.45, 7) is 0.532. The molecule has 1 saturated carbocycles. The monoisotopic (exact) mass is 360 g/mol. The number of nitrogen functional groups attached to an aromatic ring is 1. The van der Waals surface area contributed by atoms with E-state index in [2.05, 4.69) is 15.0 Å². The molecular weight excluding hydrogens is 340 g/mol. The number of hydrogen-bond acceptors (Lipinski definition) is 9. The molecule has 0 amide bonds. The van der Waals surface area contributed by atoms with E-state index in [0.717, 1.165) is 12.8 Å². The van der Waals surface area contributed by atoms with Crippen LogP contribution in [0, 0.1) is 17.2 Å². The molecular formula is C16H20N6O4. The van der Waals surface area contributed by atoms with Crippen molar-refractivity contribution in [3.8, 4) is 12.1 Å². The Morgan fingerprint density at radius 1 is 1.35 bits per heavy atom. The number of nitrogens with zero attached hydrogens (tertiary/aromatic N) is 5. The van der Waals surface area contributed by atoms with Gasteiger partial charge in [-0.1, -0.05) is 6.42 Å². The molecule has 0 bridgehead atoms. The molecule has 0 radical (unpaired) electrons. The predicted octanol–water partition coefficient (Wildman–Crippen LogP) is 0.120. The van der Waals surface area contributed by atoms with Crippen LogP contribution in [0.5, 0.6) is 6.01 Å². The quantitative estimate of drug-likeness (QED) is 0.674. The van der Waals surface area contributed by atoms with Crippen molar-refractivity contribution in [1.82, 2.24) is 19.5 Å². The summed E-state index contributed by atoms with van der Waals surface area (Å²) in [6.07, 6.45) is 0.757. The molecule has 0 aromatic carbocycles. The van der Waals surface area contributed by atoms with E-state index in [0.29, 0.717) is 23.7 Å². The van der Waals surface area contributed by atoms with Crippen LogP contribution in [0.25, 0.3) is 11.2 Å². The van der Waals surface area contributed by atoms with Gasteiger partial charge in [-0.05, 0) is 18.8 Å². The summed E-state index contributed by atoms with van der Waals surface area (Å²) in [5.74, 6) is 0.682. The van der Waals surface area contributed by atoms with Crippen LogP contribution in [0.2, 0.25) is 0 Å². The topological polar surface area (TPSA) is 152 Å². The number of hydrogen-bond donors (Lipinski definition) is 3. The number of aliphatic hydroxyl groups is 2. The lowest BCUT2D eigenvalue weighted by Crippen LogP contribution is -2.31. The van der Waals surface area contributed by atoms with Crippen molar-refractivity contribution in [3.63, 3.8) is 0 Å². The summed E-state index contributed by atoms with van der Waals surface area (Å²) >= 11 is 0. The van der Waals surface area contributed by atoms with Gasteiger partial charge in [-0.25, -0.2) is 4.98 Å². The summed E-state index contributed by atoms with van der Waals surface area (Å²) in [4.78, 5) is 12.7. The molecule has 2 fully saturated rings. The first-order valence-electron chi connectivity index (χ1n) is 8.60. The highest BCUT2D eigenvalue weighted by Gasteiger charge is 2.44. The Hall–Kier alpha value is -2.48. The molecule has 26 heavy (non-hydrogen) atoms. The van der Waals surface area contributed by atoms with Crippen molar-refractivity contribution in [2.75, 3.05) is 12.3 Å². The number of rotatable bonds is 5. The Bertz CT molecular complexity index is 845.